The zero-order valence-electron chi connectivity index (χ0n) is 11.3. The van der Waals surface area contributed by atoms with Crippen LogP contribution in [0.3, 0.4) is 0 Å². The van der Waals surface area contributed by atoms with Gasteiger partial charge in [0, 0.05) is 25.1 Å². The molecule has 0 atom stereocenters. The van der Waals surface area contributed by atoms with E-state index in [1.54, 1.807) is 0 Å². The lowest BCUT2D eigenvalue weighted by molar-refractivity contribution is -0.136. The molecule has 0 radical (unpaired) electrons. The summed E-state index contributed by atoms with van der Waals surface area (Å²) in [6, 6.07) is 0. The molecule has 0 spiro atoms. The van der Waals surface area contributed by atoms with Crippen LogP contribution in [0.2, 0.25) is 0 Å². The van der Waals surface area contributed by atoms with E-state index in [4.69, 9.17) is 5.11 Å². The fourth-order valence-electron chi connectivity index (χ4n) is 2.59. The van der Waals surface area contributed by atoms with Crippen LogP contribution in [0.15, 0.2) is 0 Å². The van der Waals surface area contributed by atoms with Gasteiger partial charge >= 0.3 is 5.97 Å². The second kappa shape index (κ2) is 5.99. The van der Waals surface area contributed by atoms with Crippen molar-refractivity contribution in [2.45, 2.75) is 58.4 Å². The predicted molar refractivity (Wildman–Crippen MR) is 70.4 cm³/mol. The number of rotatable bonds is 6. The maximum absolute atomic E-state index is 12.1. The van der Waals surface area contributed by atoms with Crippen LogP contribution < -0.4 is 0 Å². The van der Waals surface area contributed by atoms with Crippen molar-refractivity contribution >= 4 is 11.8 Å². The minimum atomic E-state index is -0.935. The van der Waals surface area contributed by atoms with E-state index in [1.165, 1.54) is 0 Å². The van der Waals surface area contributed by atoms with Crippen molar-refractivity contribution in [2.24, 2.45) is 0 Å². The molecule has 0 aromatic carbocycles. The molecule has 1 aromatic rings. The van der Waals surface area contributed by atoms with Gasteiger partial charge in [0.05, 0.1) is 6.42 Å². The van der Waals surface area contributed by atoms with Gasteiger partial charge in [-0.1, -0.05) is 6.92 Å². The van der Waals surface area contributed by atoms with Crippen LogP contribution in [0.25, 0.3) is 0 Å². The van der Waals surface area contributed by atoms with Gasteiger partial charge in [-0.05, 0) is 25.7 Å². The van der Waals surface area contributed by atoms with Crippen molar-refractivity contribution in [2.75, 3.05) is 0 Å². The monoisotopic (exact) mass is 264 g/mol. The maximum atomic E-state index is 12.1. The van der Waals surface area contributed by atoms with Crippen molar-refractivity contribution in [1.29, 1.82) is 0 Å². The number of nitrogens with zero attached hydrogens (tertiary/aromatic N) is 2. The summed E-state index contributed by atoms with van der Waals surface area (Å²) in [5.41, 5.74) is 1.54. The van der Waals surface area contributed by atoms with Crippen molar-refractivity contribution in [3.05, 3.63) is 17.2 Å². The standard InChI is InChI=1S/C14H20N2O3/c1-2-5-12-15-14(11(17)7-8-13(18)19)10-6-3-4-9-16(10)12/h2-9H2,1H3,(H,18,19). The molecule has 0 fully saturated rings. The van der Waals surface area contributed by atoms with Gasteiger partial charge in [-0.2, -0.15) is 0 Å². The lowest BCUT2D eigenvalue weighted by Crippen LogP contribution is -2.15. The molecule has 5 heteroatoms. The van der Waals surface area contributed by atoms with E-state index >= 15 is 0 Å². The molecule has 1 N–H and O–H groups in total. The molecule has 19 heavy (non-hydrogen) atoms. The highest BCUT2D eigenvalue weighted by Crippen LogP contribution is 2.23. The molecule has 2 rings (SSSR count). The zero-order chi connectivity index (χ0) is 13.8. The summed E-state index contributed by atoms with van der Waals surface area (Å²) >= 11 is 0. The lowest BCUT2D eigenvalue weighted by Gasteiger charge is -2.17. The summed E-state index contributed by atoms with van der Waals surface area (Å²) in [4.78, 5) is 27.1. The molecule has 5 nitrogen and oxygen atoms in total. The summed E-state index contributed by atoms with van der Waals surface area (Å²) < 4.78 is 2.17. The molecule has 0 aliphatic carbocycles. The summed E-state index contributed by atoms with van der Waals surface area (Å²) in [6.45, 7) is 3.03. The smallest absolute Gasteiger partial charge is 0.303 e. The van der Waals surface area contributed by atoms with Crippen LogP contribution in [0.4, 0.5) is 0 Å². The Morgan fingerprint density at radius 1 is 1.32 bits per heavy atom. The number of aryl methyl sites for hydroxylation is 1. The van der Waals surface area contributed by atoms with Gasteiger partial charge in [0.15, 0.2) is 5.78 Å². The second-order valence-corrected chi connectivity index (χ2v) is 5.00. The third-order valence-electron chi connectivity index (χ3n) is 3.50. The molecule has 104 valence electrons. The van der Waals surface area contributed by atoms with Gasteiger partial charge in [-0.25, -0.2) is 4.98 Å². The fourth-order valence-corrected chi connectivity index (χ4v) is 2.59. The first-order chi connectivity index (χ1) is 9.13. The average molecular weight is 264 g/mol. The average Bonchev–Trinajstić information content (AvgIpc) is 2.76. The summed E-state index contributed by atoms with van der Waals surface area (Å²) in [6.07, 6.45) is 4.89. The first-order valence-corrected chi connectivity index (χ1v) is 6.96. The Morgan fingerprint density at radius 3 is 2.79 bits per heavy atom. The minimum Gasteiger partial charge on any atom is -0.481 e. The van der Waals surface area contributed by atoms with Gasteiger partial charge in [0.1, 0.15) is 11.5 Å². The maximum Gasteiger partial charge on any atom is 0.303 e. The first-order valence-electron chi connectivity index (χ1n) is 6.96. The number of fused-ring (bicyclic) bond motifs is 1. The quantitative estimate of drug-likeness (QED) is 0.800. The summed E-state index contributed by atoms with van der Waals surface area (Å²) in [5.74, 6) is -0.0820. The molecule has 0 amide bonds. The van der Waals surface area contributed by atoms with Gasteiger partial charge < -0.3 is 9.67 Å². The molecule has 0 saturated carbocycles. The van der Waals surface area contributed by atoms with Crippen molar-refractivity contribution < 1.29 is 14.7 Å². The topological polar surface area (TPSA) is 72.2 Å². The Labute approximate surface area is 112 Å². The van der Waals surface area contributed by atoms with Crippen LogP contribution in [-0.4, -0.2) is 26.4 Å². The van der Waals surface area contributed by atoms with Crippen LogP contribution in [0.5, 0.6) is 0 Å². The molecular weight excluding hydrogens is 244 g/mol. The lowest BCUT2D eigenvalue weighted by atomic mass is 10.0. The number of carboxylic acids is 1. The van der Waals surface area contributed by atoms with E-state index in [-0.39, 0.29) is 18.6 Å². The van der Waals surface area contributed by atoms with Crippen molar-refractivity contribution in [3.8, 4) is 0 Å². The van der Waals surface area contributed by atoms with Gasteiger partial charge in [-0.15, -0.1) is 0 Å². The second-order valence-electron chi connectivity index (χ2n) is 5.00. The fraction of sp³-hybridized carbons (Fsp3) is 0.643. The molecule has 0 bridgehead atoms. The van der Waals surface area contributed by atoms with E-state index in [0.29, 0.717) is 5.69 Å². The van der Waals surface area contributed by atoms with E-state index in [2.05, 4.69) is 16.5 Å². The zero-order valence-corrected chi connectivity index (χ0v) is 11.3. The number of hydrogen-bond acceptors (Lipinski definition) is 3. The summed E-state index contributed by atoms with van der Waals surface area (Å²) in [5, 5.41) is 8.66. The number of Topliss-reactive ketones (excluding diaryl/α,β-unsaturated/α-hetero) is 1. The van der Waals surface area contributed by atoms with E-state index in [9.17, 15) is 9.59 Å². The summed E-state index contributed by atoms with van der Waals surface area (Å²) in [7, 11) is 0. The molecule has 0 unspecified atom stereocenters. The third-order valence-corrected chi connectivity index (χ3v) is 3.50. The van der Waals surface area contributed by atoms with Crippen LogP contribution in [-0.2, 0) is 24.2 Å². The third kappa shape index (κ3) is 3.03. The molecule has 0 saturated heterocycles. The largest absolute Gasteiger partial charge is 0.481 e. The Kier molecular flexibility index (Phi) is 4.35. The molecular formula is C14H20N2O3. The van der Waals surface area contributed by atoms with Gasteiger partial charge in [-0.3, -0.25) is 9.59 Å². The number of aromatic nitrogens is 2. The SMILES string of the molecule is CCCc1nc(C(=O)CCC(=O)O)c2n1CCCC2. The van der Waals surface area contributed by atoms with Crippen LogP contribution in [0, 0.1) is 0 Å². The van der Waals surface area contributed by atoms with Crippen molar-refractivity contribution in [1.82, 2.24) is 9.55 Å². The highest BCUT2D eigenvalue weighted by Gasteiger charge is 2.23. The van der Waals surface area contributed by atoms with Gasteiger partial charge in [0.25, 0.3) is 0 Å². The highest BCUT2D eigenvalue weighted by molar-refractivity contribution is 5.96. The van der Waals surface area contributed by atoms with Crippen LogP contribution >= 0.6 is 0 Å². The van der Waals surface area contributed by atoms with Gasteiger partial charge in [0.2, 0.25) is 0 Å². The number of carbonyl (C=O) groups excluding carboxylic acids is 1. The number of aliphatic carboxylic acids is 1. The van der Waals surface area contributed by atoms with E-state index in [0.717, 1.165) is 50.2 Å². The van der Waals surface area contributed by atoms with Crippen LogP contribution in [0.1, 0.15) is 61.0 Å². The Morgan fingerprint density at radius 2 is 2.11 bits per heavy atom. The van der Waals surface area contributed by atoms with E-state index < -0.39 is 5.97 Å². The molecule has 1 aliphatic rings. The normalized spacial score (nSPS) is 14.2. The first kappa shape index (κ1) is 13.8. The molecule has 1 aromatic heterocycles. The Bertz CT molecular complexity index is 491. The minimum absolute atomic E-state index is 0.0465. The Balaban J connectivity index is 2.24. The Hall–Kier alpha value is -1.65. The van der Waals surface area contributed by atoms with Crippen molar-refractivity contribution in [3.63, 3.8) is 0 Å². The number of carboxylic acid groups (broad SMARTS) is 1. The molecule has 1 aliphatic heterocycles. The van der Waals surface area contributed by atoms with E-state index in [1.807, 2.05) is 0 Å². The number of carbonyl (C=O) groups is 2. The highest BCUT2D eigenvalue weighted by atomic mass is 16.4. The number of hydrogen-bond donors (Lipinski definition) is 1. The molecule has 2 heterocycles. The predicted octanol–water partition coefficient (Wildman–Crippen LogP) is 2.22. The number of ketones is 1. The number of imidazole rings is 1.